The van der Waals surface area contributed by atoms with Gasteiger partial charge in [-0.3, -0.25) is 0 Å². The largest absolute Gasteiger partial charge is 0.465 e. The van der Waals surface area contributed by atoms with E-state index in [-0.39, 0.29) is 6.61 Å². The van der Waals surface area contributed by atoms with Crippen LogP contribution in [0.3, 0.4) is 0 Å². The van der Waals surface area contributed by atoms with Crippen molar-refractivity contribution in [2.24, 2.45) is 0 Å². The van der Waals surface area contributed by atoms with Crippen LogP contribution in [-0.4, -0.2) is 56.6 Å². The quantitative estimate of drug-likeness (QED) is 0.594. The first-order valence-corrected chi connectivity index (χ1v) is 6.95. The van der Waals surface area contributed by atoms with Crippen molar-refractivity contribution in [3.8, 4) is 0 Å². The van der Waals surface area contributed by atoms with Crippen molar-refractivity contribution < 1.29 is 19.4 Å². The number of methoxy groups -OCH3 is 1. The average molecular weight is 347 g/mol. The summed E-state index contributed by atoms with van der Waals surface area (Å²) in [6.45, 7) is 3.21. The maximum Gasteiger partial charge on any atom is 0.339 e. The summed E-state index contributed by atoms with van der Waals surface area (Å²) in [6, 6.07) is 1.70. The van der Waals surface area contributed by atoms with E-state index in [1.54, 1.807) is 13.0 Å². The number of aliphatic hydroxyl groups is 1. The Bertz CT molecular complexity index is 468. The highest BCUT2D eigenvalue weighted by molar-refractivity contribution is 9.10. The molecule has 0 aliphatic carbocycles. The number of halogens is 1. The molecule has 0 fully saturated rings. The van der Waals surface area contributed by atoms with Gasteiger partial charge >= 0.3 is 5.97 Å². The fourth-order valence-corrected chi connectivity index (χ4v) is 2.25. The van der Waals surface area contributed by atoms with Crippen LogP contribution < -0.4 is 4.90 Å². The lowest BCUT2D eigenvalue weighted by atomic mass is 10.2. The van der Waals surface area contributed by atoms with Gasteiger partial charge < -0.3 is 19.5 Å². The molecule has 7 heteroatoms. The molecule has 1 aromatic heterocycles. The van der Waals surface area contributed by atoms with Gasteiger partial charge in [-0.05, 0) is 28.9 Å². The molecule has 0 saturated heterocycles. The lowest BCUT2D eigenvalue weighted by Crippen LogP contribution is -2.25. The number of aromatic nitrogens is 1. The number of likely N-dealkylation sites (N-methyl/N-ethyl adjacent to an activating group) is 1. The molecule has 0 saturated carbocycles. The first-order chi connectivity index (χ1) is 9.51. The van der Waals surface area contributed by atoms with Crippen LogP contribution in [0.15, 0.2) is 10.5 Å². The molecule has 1 N–H and O–H groups in total. The third-order valence-corrected chi connectivity index (χ3v) is 3.31. The number of aryl methyl sites for hydroxylation is 1. The second kappa shape index (κ2) is 8.18. The third kappa shape index (κ3) is 4.43. The number of hydrogen-bond acceptors (Lipinski definition) is 6. The molecular formula is C13H19BrN2O4. The van der Waals surface area contributed by atoms with Crippen LogP contribution in [0.25, 0.3) is 0 Å². The molecule has 0 radical (unpaired) electrons. The zero-order valence-electron chi connectivity index (χ0n) is 11.9. The number of ether oxygens (including phenoxy) is 2. The SMILES string of the molecule is COC(=O)c1cc(Br)c(N(C)CCOCCO)nc1C. The van der Waals surface area contributed by atoms with Crippen molar-refractivity contribution in [3.63, 3.8) is 0 Å². The summed E-state index contributed by atoms with van der Waals surface area (Å²) in [4.78, 5) is 17.9. The van der Waals surface area contributed by atoms with Crippen LogP contribution in [0, 0.1) is 6.92 Å². The molecular weight excluding hydrogens is 328 g/mol. The Morgan fingerprint density at radius 1 is 1.50 bits per heavy atom. The van der Waals surface area contributed by atoms with Crippen molar-refractivity contribution in [1.29, 1.82) is 0 Å². The van der Waals surface area contributed by atoms with E-state index >= 15 is 0 Å². The predicted octanol–water partition coefficient (Wildman–Crippen LogP) is 1.38. The van der Waals surface area contributed by atoms with E-state index in [4.69, 9.17) is 14.6 Å². The molecule has 6 nitrogen and oxygen atoms in total. The zero-order chi connectivity index (χ0) is 15.1. The van der Waals surface area contributed by atoms with Crippen LogP contribution in [0.2, 0.25) is 0 Å². The van der Waals surface area contributed by atoms with Crippen molar-refractivity contribution in [2.45, 2.75) is 6.92 Å². The Balaban J connectivity index is 2.80. The summed E-state index contributed by atoms with van der Waals surface area (Å²) in [5.74, 6) is 0.318. The Labute approximate surface area is 126 Å². The second-order valence-electron chi connectivity index (χ2n) is 4.18. The molecule has 1 aromatic rings. The molecule has 0 amide bonds. The van der Waals surface area contributed by atoms with Gasteiger partial charge in [0, 0.05) is 13.6 Å². The number of pyridine rings is 1. The monoisotopic (exact) mass is 346 g/mol. The zero-order valence-corrected chi connectivity index (χ0v) is 13.4. The maximum atomic E-state index is 11.6. The minimum Gasteiger partial charge on any atom is -0.465 e. The van der Waals surface area contributed by atoms with E-state index in [1.165, 1.54) is 7.11 Å². The van der Waals surface area contributed by atoms with Crippen LogP contribution >= 0.6 is 15.9 Å². The minimum atomic E-state index is -0.406. The highest BCUT2D eigenvalue weighted by Crippen LogP contribution is 2.26. The van der Waals surface area contributed by atoms with Crippen molar-refractivity contribution in [2.75, 3.05) is 45.4 Å². The number of rotatable bonds is 7. The summed E-state index contributed by atoms with van der Waals surface area (Å²) in [7, 11) is 3.22. The van der Waals surface area contributed by atoms with Crippen LogP contribution in [-0.2, 0) is 9.47 Å². The van der Waals surface area contributed by atoms with Crippen LogP contribution in [0.1, 0.15) is 16.1 Å². The Morgan fingerprint density at radius 3 is 2.80 bits per heavy atom. The van der Waals surface area contributed by atoms with Crippen LogP contribution in [0.4, 0.5) is 5.82 Å². The maximum absolute atomic E-state index is 11.6. The van der Waals surface area contributed by atoms with Gasteiger partial charge in [-0.2, -0.15) is 0 Å². The number of aliphatic hydroxyl groups excluding tert-OH is 1. The molecule has 0 aliphatic rings. The Hall–Kier alpha value is -1.18. The van der Waals surface area contributed by atoms with Gasteiger partial charge in [0.1, 0.15) is 5.82 Å². The Morgan fingerprint density at radius 2 is 2.20 bits per heavy atom. The molecule has 0 bridgehead atoms. The second-order valence-corrected chi connectivity index (χ2v) is 5.03. The normalized spacial score (nSPS) is 10.4. The smallest absolute Gasteiger partial charge is 0.339 e. The van der Waals surface area contributed by atoms with Gasteiger partial charge in [0.15, 0.2) is 0 Å². The predicted molar refractivity (Wildman–Crippen MR) is 79.2 cm³/mol. The van der Waals surface area contributed by atoms with E-state index in [1.807, 2.05) is 11.9 Å². The molecule has 0 atom stereocenters. The Kier molecular flexibility index (Phi) is 6.90. The van der Waals surface area contributed by atoms with Gasteiger partial charge in [-0.15, -0.1) is 0 Å². The molecule has 0 aliphatic heterocycles. The summed E-state index contributed by atoms with van der Waals surface area (Å²) in [6.07, 6.45) is 0. The highest BCUT2D eigenvalue weighted by Gasteiger charge is 2.16. The molecule has 0 unspecified atom stereocenters. The summed E-state index contributed by atoms with van der Waals surface area (Å²) in [5.41, 5.74) is 1.05. The number of carbonyl (C=O) groups excluding carboxylic acids is 1. The number of anilines is 1. The topological polar surface area (TPSA) is 71.9 Å². The van der Waals surface area contributed by atoms with Gasteiger partial charge in [-0.1, -0.05) is 0 Å². The van der Waals surface area contributed by atoms with E-state index < -0.39 is 5.97 Å². The van der Waals surface area contributed by atoms with Gasteiger partial charge in [0.2, 0.25) is 0 Å². The average Bonchev–Trinajstić information content (AvgIpc) is 2.44. The van der Waals surface area contributed by atoms with Crippen molar-refractivity contribution in [1.82, 2.24) is 4.98 Å². The van der Waals surface area contributed by atoms with Crippen molar-refractivity contribution in [3.05, 3.63) is 21.8 Å². The van der Waals surface area contributed by atoms with E-state index in [0.29, 0.717) is 35.5 Å². The van der Waals surface area contributed by atoms with Crippen molar-refractivity contribution >= 4 is 27.7 Å². The number of nitrogens with zero attached hydrogens (tertiary/aromatic N) is 2. The lowest BCUT2D eigenvalue weighted by molar-refractivity contribution is 0.0599. The van der Waals surface area contributed by atoms with Gasteiger partial charge in [0.05, 0.1) is 42.7 Å². The molecule has 0 aromatic carbocycles. The molecule has 112 valence electrons. The highest BCUT2D eigenvalue weighted by atomic mass is 79.9. The summed E-state index contributed by atoms with van der Waals surface area (Å²) in [5, 5.41) is 8.63. The molecule has 20 heavy (non-hydrogen) atoms. The molecule has 0 spiro atoms. The number of carbonyl (C=O) groups is 1. The minimum absolute atomic E-state index is 0.0125. The standard InChI is InChI=1S/C13H19BrN2O4/c1-9-10(13(18)19-3)8-11(14)12(15-9)16(2)4-6-20-7-5-17/h8,17H,4-7H2,1-3H3. The fraction of sp³-hybridized carbons (Fsp3) is 0.538. The van der Waals surface area contributed by atoms with Crippen LogP contribution in [0.5, 0.6) is 0 Å². The molecule has 1 rings (SSSR count). The molecule has 1 heterocycles. The van der Waals surface area contributed by atoms with E-state index in [0.717, 1.165) is 5.82 Å². The number of hydrogen-bond donors (Lipinski definition) is 1. The lowest BCUT2D eigenvalue weighted by Gasteiger charge is -2.20. The van der Waals surface area contributed by atoms with E-state index in [2.05, 4.69) is 20.9 Å². The van der Waals surface area contributed by atoms with Gasteiger partial charge in [-0.25, -0.2) is 9.78 Å². The number of esters is 1. The first kappa shape index (κ1) is 16.9. The van der Waals surface area contributed by atoms with E-state index in [9.17, 15) is 4.79 Å². The summed E-state index contributed by atoms with van der Waals surface area (Å²) >= 11 is 3.41. The summed E-state index contributed by atoms with van der Waals surface area (Å²) < 4.78 is 10.6. The third-order valence-electron chi connectivity index (χ3n) is 2.72. The van der Waals surface area contributed by atoms with Gasteiger partial charge in [0.25, 0.3) is 0 Å². The first-order valence-electron chi connectivity index (χ1n) is 6.16. The fourth-order valence-electron chi connectivity index (χ4n) is 1.63.